The van der Waals surface area contributed by atoms with Crippen molar-refractivity contribution >= 4 is 31.2 Å². The van der Waals surface area contributed by atoms with Crippen molar-refractivity contribution in [1.82, 2.24) is 0 Å². The zero-order chi connectivity index (χ0) is 13.1. The normalized spacial score (nSPS) is 8.40. The molecule has 0 saturated heterocycles. The molecule has 0 aliphatic heterocycles. The van der Waals surface area contributed by atoms with Gasteiger partial charge in [0.25, 0.3) is 0 Å². The summed E-state index contributed by atoms with van der Waals surface area (Å²) in [7, 11) is 0. The number of para-hydroxylation sites is 2. The van der Waals surface area contributed by atoms with Gasteiger partial charge in [0.1, 0.15) is 0 Å². The molecule has 7 heteroatoms. The van der Waals surface area contributed by atoms with E-state index in [0.717, 1.165) is 17.7 Å². The molecule has 0 aliphatic carbocycles. The lowest BCUT2D eigenvalue weighted by Crippen LogP contribution is -3.00. The molecule has 0 unspecified atom stereocenters. The molecule has 20 heavy (non-hydrogen) atoms. The van der Waals surface area contributed by atoms with Gasteiger partial charge in [0.2, 0.25) is 0 Å². The van der Waals surface area contributed by atoms with Gasteiger partial charge < -0.3 is 23.6 Å². The number of nitrogens with two attached hydrogens (primary N) is 1. The fourth-order valence-electron chi connectivity index (χ4n) is 1.24. The molecule has 0 bridgehead atoms. The summed E-state index contributed by atoms with van der Waals surface area (Å²) in [6.07, 6.45) is 0.944. The first-order valence-corrected chi connectivity index (χ1v) is 5.32. The highest BCUT2D eigenvalue weighted by Gasteiger charge is 1.89. The Kier molecular flexibility index (Phi) is 13.6. The third kappa shape index (κ3) is 8.96. The Morgan fingerprint density at radius 1 is 0.900 bits per heavy atom. The Hall–Kier alpha value is -2.05. The average Bonchev–Trinajstić information content (AvgIpc) is 2.43. The van der Waals surface area contributed by atoms with Crippen LogP contribution in [0.5, 0.6) is 0 Å². The molecular weight excluding hydrogens is 294 g/mol. The van der Waals surface area contributed by atoms with Crippen LogP contribution >= 0.6 is 0 Å². The topological polar surface area (TPSA) is 86.6 Å². The number of hydrogen-bond acceptors (Lipinski definition) is 4. The van der Waals surface area contributed by atoms with Crippen LogP contribution in [0.3, 0.4) is 0 Å². The quantitative estimate of drug-likeness (QED) is 0.179. The molecule has 2 rings (SSSR count). The fraction of sp³-hybridized carbons (Fsp3) is 0. The molecule has 108 valence electrons. The van der Waals surface area contributed by atoms with Crippen LogP contribution < -0.4 is 23.6 Å². The van der Waals surface area contributed by atoms with Crippen molar-refractivity contribution in [3.63, 3.8) is 0 Å². The Morgan fingerprint density at radius 3 is 1.55 bits per heavy atom. The van der Waals surface area contributed by atoms with E-state index in [1.54, 1.807) is 0 Å². The minimum Gasteiger partial charge on any atom is -1.00 e. The molecule has 0 aliphatic rings. The Bertz CT molecular complexity index is 441. The molecule has 0 fully saturated rings. The molecule has 0 radical (unpaired) electrons. The monoisotopic (exact) mass is 311 g/mol. The molecule has 0 atom stereocenters. The van der Waals surface area contributed by atoms with Crippen LogP contribution in [-0.4, -0.2) is 6.34 Å². The van der Waals surface area contributed by atoms with E-state index in [2.05, 4.69) is 21.4 Å². The Morgan fingerprint density at radius 2 is 1.30 bits per heavy atom. The summed E-state index contributed by atoms with van der Waals surface area (Å²) in [5, 5.41) is 8.87. The maximum atomic E-state index is 6.00. The first-order valence-electron chi connectivity index (χ1n) is 5.32. The van der Waals surface area contributed by atoms with E-state index in [-0.39, 0.29) is 25.9 Å². The van der Waals surface area contributed by atoms with Crippen molar-refractivity contribution in [2.24, 2.45) is 16.1 Å². The number of nitrogens with one attached hydrogen (secondary N) is 2. The number of anilines is 2. The first kappa shape index (κ1) is 20.3. The molecule has 2 aromatic rings. The SMILES string of the molecule is N=NC=NN.[Cl-].[SH3+].c1ccc(Nc2ccccc2)cc1. The van der Waals surface area contributed by atoms with Gasteiger partial charge in [-0.15, -0.1) is 5.11 Å². The van der Waals surface area contributed by atoms with Crippen molar-refractivity contribution in [1.29, 1.82) is 5.53 Å². The van der Waals surface area contributed by atoms with Gasteiger partial charge in [-0.25, -0.2) is 5.53 Å². The van der Waals surface area contributed by atoms with E-state index in [0.29, 0.717) is 0 Å². The average molecular weight is 312 g/mol. The van der Waals surface area contributed by atoms with Crippen molar-refractivity contribution in [3.05, 3.63) is 60.7 Å². The molecule has 0 aromatic heterocycles. The number of hydrogen-bond donors (Lipinski definition) is 3. The largest absolute Gasteiger partial charge is 1.00 e. The number of benzene rings is 2. The summed E-state index contributed by atoms with van der Waals surface area (Å²) in [6, 6.07) is 20.3. The molecule has 4 N–H and O–H groups in total. The van der Waals surface area contributed by atoms with Gasteiger partial charge in [-0.3, -0.25) is 0 Å². The van der Waals surface area contributed by atoms with E-state index < -0.39 is 0 Å². The first-order chi connectivity index (χ1) is 8.86. The second-order valence-electron chi connectivity index (χ2n) is 3.25. The zero-order valence-electron chi connectivity index (χ0n) is 10.8. The van der Waals surface area contributed by atoms with E-state index in [9.17, 15) is 0 Å². The molecular formula is C13H18ClN5S. The lowest BCUT2D eigenvalue weighted by Gasteiger charge is -2.04. The Balaban J connectivity index is 0. The number of halogens is 1. The third-order valence-electron chi connectivity index (χ3n) is 1.96. The van der Waals surface area contributed by atoms with Gasteiger partial charge in [0, 0.05) is 11.4 Å². The van der Waals surface area contributed by atoms with Gasteiger partial charge in [-0.05, 0) is 24.3 Å². The lowest BCUT2D eigenvalue weighted by atomic mass is 10.3. The minimum absolute atomic E-state index is 0. The van der Waals surface area contributed by atoms with Crippen LogP contribution in [0.15, 0.2) is 70.9 Å². The maximum Gasteiger partial charge on any atom is 0.156 e. The Labute approximate surface area is 131 Å². The van der Waals surface area contributed by atoms with Crippen molar-refractivity contribution in [2.45, 2.75) is 0 Å². The van der Waals surface area contributed by atoms with Crippen LogP contribution in [0, 0.1) is 5.53 Å². The highest BCUT2D eigenvalue weighted by Crippen LogP contribution is 2.14. The molecule has 0 saturated carbocycles. The smallest absolute Gasteiger partial charge is 0.156 e. The van der Waals surface area contributed by atoms with Crippen LogP contribution in [0.25, 0.3) is 0 Å². The summed E-state index contributed by atoms with van der Waals surface area (Å²) in [4.78, 5) is 0. The fourth-order valence-corrected chi connectivity index (χ4v) is 1.24. The second-order valence-corrected chi connectivity index (χ2v) is 3.25. The summed E-state index contributed by atoms with van der Waals surface area (Å²) >= 11 is 0. The highest BCUT2D eigenvalue weighted by molar-refractivity contribution is 7.37. The third-order valence-corrected chi connectivity index (χ3v) is 1.96. The molecule has 0 spiro atoms. The van der Waals surface area contributed by atoms with Crippen molar-refractivity contribution < 1.29 is 12.4 Å². The van der Waals surface area contributed by atoms with E-state index in [4.69, 9.17) is 5.53 Å². The minimum atomic E-state index is 0. The number of hydrazone groups is 1. The molecule has 5 nitrogen and oxygen atoms in total. The molecule has 2 aromatic carbocycles. The van der Waals surface area contributed by atoms with Crippen LogP contribution in [0.4, 0.5) is 11.4 Å². The summed E-state index contributed by atoms with van der Waals surface area (Å²) in [5.41, 5.74) is 8.24. The maximum absolute atomic E-state index is 6.00. The summed E-state index contributed by atoms with van der Waals surface area (Å²) < 4.78 is 0. The molecule has 0 amide bonds. The van der Waals surface area contributed by atoms with Gasteiger partial charge in [-0.2, -0.15) is 5.10 Å². The van der Waals surface area contributed by atoms with Gasteiger partial charge in [0.15, 0.2) is 6.34 Å². The number of rotatable bonds is 3. The van der Waals surface area contributed by atoms with E-state index in [1.807, 2.05) is 60.7 Å². The van der Waals surface area contributed by atoms with Gasteiger partial charge in [-0.1, -0.05) is 49.9 Å². The van der Waals surface area contributed by atoms with Crippen molar-refractivity contribution in [2.75, 3.05) is 5.32 Å². The van der Waals surface area contributed by atoms with Crippen LogP contribution in [0.1, 0.15) is 0 Å². The van der Waals surface area contributed by atoms with Gasteiger partial charge >= 0.3 is 0 Å². The summed E-state index contributed by atoms with van der Waals surface area (Å²) in [5.74, 6) is 4.49. The number of nitrogens with zero attached hydrogens (tertiary/aromatic N) is 2. The predicted octanol–water partition coefficient (Wildman–Crippen LogP) is -0.452. The van der Waals surface area contributed by atoms with Gasteiger partial charge in [0.05, 0.1) is 0 Å². The summed E-state index contributed by atoms with van der Waals surface area (Å²) in [6.45, 7) is 0. The highest BCUT2D eigenvalue weighted by atomic mass is 35.5. The van der Waals surface area contributed by atoms with Crippen LogP contribution in [-0.2, 0) is 13.5 Å². The van der Waals surface area contributed by atoms with E-state index >= 15 is 0 Å². The molecule has 0 heterocycles. The zero-order valence-corrected chi connectivity index (χ0v) is 12.7. The van der Waals surface area contributed by atoms with Crippen molar-refractivity contribution in [3.8, 4) is 0 Å². The predicted molar refractivity (Wildman–Crippen MR) is 85.5 cm³/mol. The standard InChI is InChI=1S/C12H11N.CH4N4.ClH.H2S/c1-3-7-11(8-4-1)13-12-9-5-2-6-10-12;2-4-1-5-3;;/h1-10,13H;1-2H,3H2;1H;1H2. The van der Waals surface area contributed by atoms with Crippen LogP contribution in [0.2, 0.25) is 0 Å². The van der Waals surface area contributed by atoms with E-state index in [1.165, 1.54) is 0 Å². The lowest BCUT2D eigenvalue weighted by molar-refractivity contribution is -0.00000407. The second kappa shape index (κ2) is 13.4.